The minimum absolute atomic E-state index is 0.137. The van der Waals surface area contributed by atoms with Crippen LogP contribution in [0.3, 0.4) is 0 Å². The number of ether oxygens (including phenoxy) is 2. The molecule has 2 saturated heterocycles. The van der Waals surface area contributed by atoms with Crippen LogP contribution in [0.5, 0.6) is 0 Å². The summed E-state index contributed by atoms with van der Waals surface area (Å²) in [5.41, 5.74) is 7.86. The van der Waals surface area contributed by atoms with E-state index >= 15 is 0 Å². The molecule has 32 heavy (non-hydrogen) atoms. The second-order valence-electron chi connectivity index (χ2n) is 7.89. The lowest BCUT2D eigenvalue weighted by Gasteiger charge is -2.29. The number of rotatable bonds is 7. The number of nitrogens with one attached hydrogen (secondary N) is 1. The van der Waals surface area contributed by atoms with Crippen molar-refractivity contribution < 1.29 is 23.5 Å². The first kappa shape index (κ1) is 22.0. The van der Waals surface area contributed by atoms with Crippen LogP contribution in [-0.4, -0.2) is 63.5 Å². The van der Waals surface area contributed by atoms with Gasteiger partial charge in [-0.05, 0) is 30.2 Å². The van der Waals surface area contributed by atoms with E-state index in [9.17, 15) is 14.0 Å². The Morgan fingerprint density at radius 1 is 1.19 bits per heavy atom. The van der Waals surface area contributed by atoms with Crippen molar-refractivity contribution in [3.05, 3.63) is 59.9 Å². The molecule has 0 saturated carbocycles. The van der Waals surface area contributed by atoms with E-state index in [-0.39, 0.29) is 19.0 Å². The third-order valence-corrected chi connectivity index (χ3v) is 5.61. The molecule has 2 aliphatic rings. The Morgan fingerprint density at radius 3 is 2.66 bits per heavy atom. The van der Waals surface area contributed by atoms with Gasteiger partial charge in [-0.15, -0.1) is 0 Å². The van der Waals surface area contributed by atoms with E-state index in [1.165, 1.54) is 11.0 Å². The van der Waals surface area contributed by atoms with Crippen LogP contribution in [0.15, 0.2) is 48.5 Å². The maximum absolute atomic E-state index is 14.7. The van der Waals surface area contributed by atoms with Gasteiger partial charge >= 0.3 is 6.09 Å². The van der Waals surface area contributed by atoms with Crippen molar-refractivity contribution in [3.63, 3.8) is 0 Å². The number of amides is 2. The number of hydrogen-bond acceptors (Lipinski definition) is 6. The first-order chi connectivity index (χ1) is 15.5. The maximum Gasteiger partial charge on any atom is 0.414 e. The summed E-state index contributed by atoms with van der Waals surface area (Å²) in [6.07, 6.45) is -0.702. The minimum Gasteiger partial charge on any atom is -0.442 e. The highest BCUT2D eigenvalue weighted by molar-refractivity contribution is 5.90. The number of cyclic esters (lactones) is 1. The molecule has 2 aromatic rings. The average molecular weight is 442 g/mol. The molecule has 170 valence electrons. The lowest BCUT2D eigenvalue weighted by atomic mass is 10.1. The molecule has 2 aromatic carbocycles. The summed E-state index contributed by atoms with van der Waals surface area (Å²) in [6.45, 7) is 2.71. The predicted molar refractivity (Wildman–Crippen MR) is 118 cm³/mol. The number of carbonyl (C=O) groups is 2. The molecule has 0 aromatic heterocycles. The van der Waals surface area contributed by atoms with Gasteiger partial charge in [0.1, 0.15) is 11.9 Å². The van der Waals surface area contributed by atoms with Gasteiger partial charge in [0.05, 0.1) is 43.7 Å². The van der Waals surface area contributed by atoms with E-state index in [0.717, 1.165) is 5.56 Å². The highest BCUT2D eigenvalue weighted by Gasteiger charge is 2.33. The van der Waals surface area contributed by atoms with Gasteiger partial charge in [-0.3, -0.25) is 9.69 Å². The first-order valence-corrected chi connectivity index (χ1v) is 10.7. The van der Waals surface area contributed by atoms with Crippen LogP contribution in [-0.2, 0) is 20.7 Å². The average Bonchev–Trinajstić information content (AvgIpc) is 3.19. The van der Waals surface area contributed by atoms with Crippen LogP contribution < -0.4 is 20.9 Å². The Hall–Kier alpha value is -3.17. The molecule has 3 N–H and O–H groups in total. The summed E-state index contributed by atoms with van der Waals surface area (Å²) in [5, 5.41) is 2.74. The van der Waals surface area contributed by atoms with Gasteiger partial charge in [-0.2, -0.15) is 0 Å². The van der Waals surface area contributed by atoms with Gasteiger partial charge < -0.3 is 25.4 Å². The zero-order chi connectivity index (χ0) is 22.5. The van der Waals surface area contributed by atoms with Crippen LogP contribution in [0, 0.1) is 5.82 Å². The lowest BCUT2D eigenvalue weighted by Crippen LogP contribution is -2.45. The third-order valence-electron chi connectivity index (χ3n) is 5.61. The number of morpholine rings is 1. The van der Waals surface area contributed by atoms with Crippen molar-refractivity contribution in [2.24, 2.45) is 5.73 Å². The number of halogens is 1. The van der Waals surface area contributed by atoms with Crippen molar-refractivity contribution in [3.8, 4) is 0 Å². The molecule has 0 bridgehead atoms. The summed E-state index contributed by atoms with van der Waals surface area (Å²) in [4.78, 5) is 27.9. The fourth-order valence-corrected chi connectivity index (χ4v) is 3.87. The van der Waals surface area contributed by atoms with Crippen LogP contribution in [0.25, 0.3) is 0 Å². The van der Waals surface area contributed by atoms with E-state index in [4.69, 9.17) is 15.2 Å². The molecule has 1 unspecified atom stereocenters. The van der Waals surface area contributed by atoms with Crippen LogP contribution in [0.4, 0.5) is 20.6 Å². The van der Waals surface area contributed by atoms with E-state index < -0.39 is 24.1 Å². The highest BCUT2D eigenvalue weighted by Crippen LogP contribution is 2.28. The van der Waals surface area contributed by atoms with E-state index in [0.29, 0.717) is 44.1 Å². The SMILES string of the molecule is N[C@@H](Cc1ccccc1)C(=O)NCC1CN(c2ccc(N3CCOCC3)c(F)c2)C(=O)O1. The Kier molecular flexibility index (Phi) is 6.87. The summed E-state index contributed by atoms with van der Waals surface area (Å²) >= 11 is 0. The molecule has 8 nitrogen and oxygen atoms in total. The quantitative estimate of drug-likeness (QED) is 0.677. The lowest BCUT2D eigenvalue weighted by molar-refractivity contribution is -0.122. The third kappa shape index (κ3) is 5.17. The molecular weight excluding hydrogens is 415 g/mol. The van der Waals surface area contributed by atoms with Gasteiger partial charge in [0, 0.05) is 13.1 Å². The van der Waals surface area contributed by atoms with Gasteiger partial charge in [-0.25, -0.2) is 9.18 Å². The molecule has 0 radical (unpaired) electrons. The fraction of sp³-hybridized carbons (Fsp3) is 0.391. The Morgan fingerprint density at radius 2 is 1.94 bits per heavy atom. The molecule has 2 amide bonds. The standard InChI is InChI=1S/C23H27FN4O4/c24-19-13-17(6-7-21(19)27-8-10-31-11-9-27)28-15-18(32-23(28)30)14-26-22(29)20(25)12-16-4-2-1-3-5-16/h1-7,13,18,20H,8-12,14-15,25H2,(H,26,29)/t18?,20-/m0/s1. The number of nitrogens with zero attached hydrogens (tertiary/aromatic N) is 2. The molecule has 2 fully saturated rings. The molecule has 9 heteroatoms. The Labute approximate surface area is 186 Å². The maximum atomic E-state index is 14.7. The summed E-state index contributed by atoms with van der Waals surface area (Å²) in [7, 11) is 0. The van der Waals surface area contributed by atoms with Crippen LogP contribution >= 0.6 is 0 Å². The Bertz CT molecular complexity index is 952. The van der Waals surface area contributed by atoms with Gasteiger partial charge in [0.2, 0.25) is 5.91 Å². The van der Waals surface area contributed by atoms with E-state index in [1.54, 1.807) is 12.1 Å². The number of benzene rings is 2. The van der Waals surface area contributed by atoms with Crippen molar-refractivity contribution in [2.75, 3.05) is 49.2 Å². The first-order valence-electron chi connectivity index (χ1n) is 10.7. The second-order valence-corrected chi connectivity index (χ2v) is 7.89. The fourth-order valence-electron chi connectivity index (χ4n) is 3.87. The molecule has 0 aliphatic carbocycles. The normalized spacial score (nSPS) is 19.6. The molecule has 0 spiro atoms. The monoisotopic (exact) mass is 442 g/mol. The topological polar surface area (TPSA) is 97.1 Å². The van der Waals surface area contributed by atoms with E-state index in [1.807, 2.05) is 35.2 Å². The highest BCUT2D eigenvalue weighted by atomic mass is 19.1. The smallest absolute Gasteiger partial charge is 0.414 e. The molecule has 2 atom stereocenters. The number of anilines is 2. The van der Waals surface area contributed by atoms with Crippen molar-refractivity contribution in [1.82, 2.24) is 5.32 Å². The largest absolute Gasteiger partial charge is 0.442 e. The number of carbonyl (C=O) groups excluding carboxylic acids is 2. The molecule has 2 aliphatic heterocycles. The van der Waals surface area contributed by atoms with Gasteiger partial charge in [0.25, 0.3) is 0 Å². The Balaban J connectivity index is 1.31. The molecular formula is C23H27FN4O4. The summed E-state index contributed by atoms with van der Waals surface area (Å²) < 4.78 is 25.4. The van der Waals surface area contributed by atoms with Gasteiger partial charge in [0.15, 0.2) is 0 Å². The molecule has 4 rings (SSSR count). The van der Waals surface area contributed by atoms with Gasteiger partial charge in [-0.1, -0.05) is 30.3 Å². The summed E-state index contributed by atoms with van der Waals surface area (Å²) in [5.74, 6) is -0.718. The van der Waals surface area contributed by atoms with Crippen LogP contribution in [0.1, 0.15) is 5.56 Å². The zero-order valence-corrected chi connectivity index (χ0v) is 17.7. The molecule has 2 heterocycles. The summed E-state index contributed by atoms with van der Waals surface area (Å²) in [6, 6.07) is 13.5. The number of hydrogen-bond donors (Lipinski definition) is 2. The second kappa shape index (κ2) is 9.97. The van der Waals surface area contributed by atoms with Crippen molar-refractivity contribution in [1.29, 1.82) is 0 Å². The van der Waals surface area contributed by atoms with Crippen molar-refractivity contribution >= 4 is 23.4 Å². The van der Waals surface area contributed by atoms with Crippen LogP contribution in [0.2, 0.25) is 0 Å². The van der Waals surface area contributed by atoms with E-state index in [2.05, 4.69) is 5.32 Å². The zero-order valence-electron chi connectivity index (χ0n) is 17.7. The number of nitrogens with two attached hydrogens (primary N) is 1. The van der Waals surface area contributed by atoms with Crippen molar-refractivity contribution in [2.45, 2.75) is 18.6 Å². The minimum atomic E-state index is -0.701. The predicted octanol–water partition coefficient (Wildman–Crippen LogP) is 1.67.